The molecule has 0 aromatic rings. The largest absolute Gasteiger partial charge is 0.338 e. The molecule has 1 unspecified atom stereocenters. The maximum atomic E-state index is 12.1. The molecular weight excluding hydrogens is 262 g/mol. The number of amides is 2. The molecule has 122 valence electrons. The molecule has 0 aliphatic carbocycles. The van der Waals surface area contributed by atoms with Crippen LogP contribution in [0.1, 0.15) is 58.8 Å². The second kappa shape index (κ2) is 8.62. The maximum absolute atomic E-state index is 12.1. The Kier molecular flexibility index (Phi) is 6.81. The minimum atomic E-state index is 0.147. The number of likely N-dealkylation sites (tertiary alicyclic amines) is 2. The van der Waals surface area contributed by atoms with Gasteiger partial charge in [0.15, 0.2) is 0 Å². The summed E-state index contributed by atoms with van der Waals surface area (Å²) in [6.07, 6.45) is 8.57. The van der Waals surface area contributed by atoms with Crippen molar-refractivity contribution in [2.75, 3.05) is 32.7 Å². The zero-order valence-corrected chi connectivity index (χ0v) is 13.9. The van der Waals surface area contributed by atoms with E-state index in [1.807, 2.05) is 4.90 Å². The highest BCUT2D eigenvalue weighted by molar-refractivity contribution is 5.74. The van der Waals surface area contributed by atoms with E-state index < -0.39 is 0 Å². The van der Waals surface area contributed by atoms with Gasteiger partial charge < -0.3 is 15.1 Å². The number of piperidine rings is 2. The van der Waals surface area contributed by atoms with Gasteiger partial charge in [0.05, 0.1) is 0 Å². The molecule has 21 heavy (non-hydrogen) atoms. The molecule has 4 heteroatoms. The molecule has 0 aromatic carbocycles. The molecule has 0 spiro atoms. The van der Waals surface area contributed by atoms with E-state index in [9.17, 15) is 4.79 Å². The van der Waals surface area contributed by atoms with Gasteiger partial charge in [-0.15, -0.1) is 0 Å². The highest BCUT2D eigenvalue weighted by Gasteiger charge is 2.22. The van der Waals surface area contributed by atoms with Crippen molar-refractivity contribution >= 4 is 6.03 Å². The Labute approximate surface area is 130 Å². The van der Waals surface area contributed by atoms with Gasteiger partial charge in [0, 0.05) is 19.1 Å². The van der Waals surface area contributed by atoms with Gasteiger partial charge in [-0.05, 0) is 77.4 Å². The SMILES string of the molecule is CC1CCN(CCCCNC(=O)N2CCCCC2C)CC1. The van der Waals surface area contributed by atoms with Crippen LogP contribution in [0.25, 0.3) is 0 Å². The van der Waals surface area contributed by atoms with Gasteiger partial charge in [-0.2, -0.15) is 0 Å². The third-order valence-corrected chi connectivity index (χ3v) is 5.12. The summed E-state index contributed by atoms with van der Waals surface area (Å²) >= 11 is 0. The number of carbonyl (C=O) groups excluding carboxylic acids is 1. The van der Waals surface area contributed by atoms with Gasteiger partial charge in [-0.1, -0.05) is 6.92 Å². The summed E-state index contributed by atoms with van der Waals surface area (Å²) in [4.78, 5) is 16.7. The number of carbonyl (C=O) groups is 1. The molecule has 0 saturated carbocycles. The average Bonchev–Trinajstić information content (AvgIpc) is 2.49. The highest BCUT2D eigenvalue weighted by atomic mass is 16.2. The third kappa shape index (κ3) is 5.50. The van der Waals surface area contributed by atoms with E-state index in [1.165, 1.54) is 45.3 Å². The molecule has 2 fully saturated rings. The van der Waals surface area contributed by atoms with Crippen molar-refractivity contribution in [1.82, 2.24) is 15.1 Å². The highest BCUT2D eigenvalue weighted by Crippen LogP contribution is 2.17. The first-order valence-corrected chi connectivity index (χ1v) is 8.93. The van der Waals surface area contributed by atoms with E-state index in [0.717, 1.165) is 38.3 Å². The molecule has 2 aliphatic heterocycles. The Morgan fingerprint density at radius 1 is 1.05 bits per heavy atom. The summed E-state index contributed by atoms with van der Waals surface area (Å²) in [6.45, 7) is 10.00. The van der Waals surface area contributed by atoms with Gasteiger partial charge in [-0.25, -0.2) is 4.79 Å². The molecule has 0 radical (unpaired) electrons. The lowest BCUT2D eigenvalue weighted by Crippen LogP contribution is -2.47. The summed E-state index contributed by atoms with van der Waals surface area (Å²) in [5.41, 5.74) is 0. The van der Waals surface area contributed by atoms with Crippen LogP contribution in [0.3, 0.4) is 0 Å². The fourth-order valence-electron chi connectivity index (χ4n) is 3.44. The van der Waals surface area contributed by atoms with Crippen molar-refractivity contribution < 1.29 is 4.79 Å². The fraction of sp³-hybridized carbons (Fsp3) is 0.941. The molecule has 2 aliphatic rings. The smallest absolute Gasteiger partial charge is 0.317 e. The summed E-state index contributed by atoms with van der Waals surface area (Å²) in [6, 6.07) is 0.558. The van der Waals surface area contributed by atoms with Crippen LogP contribution in [0.2, 0.25) is 0 Å². The first kappa shape index (κ1) is 16.6. The van der Waals surface area contributed by atoms with Crippen LogP contribution in [-0.2, 0) is 0 Å². The molecule has 0 bridgehead atoms. The molecule has 2 saturated heterocycles. The van der Waals surface area contributed by atoms with E-state index >= 15 is 0 Å². The van der Waals surface area contributed by atoms with Crippen LogP contribution >= 0.6 is 0 Å². The quantitative estimate of drug-likeness (QED) is 0.791. The monoisotopic (exact) mass is 295 g/mol. The van der Waals surface area contributed by atoms with Crippen molar-refractivity contribution in [3.05, 3.63) is 0 Å². The topological polar surface area (TPSA) is 35.6 Å². The van der Waals surface area contributed by atoms with Crippen molar-refractivity contribution in [3.8, 4) is 0 Å². The summed E-state index contributed by atoms with van der Waals surface area (Å²) < 4.78 is 0. The number of hydrogen-bond donors (Lipinski definition) is 1. The van der Waals surface area contributed by atoms with Crippen LogP contribution < -0.4 is 5.32 Å². The lowest BCUT2D eigenvalue weighted by molar-refractivity contribution is 0.157. The third-order valence-electron chi connectivity index (χ3n) is 5.12. The van der Waals surface area contributed by atoms with Crippen LogP contribution in [0, 0.1) is 5.92 Å². The van der Waals surface area contributed by atoms with Crippen molar-refractivity contribution in [2.45, 2.75) is 64.8 Å². The molecule has 0 aromatic heterocycles. The Morgan fingerprint density at radius 3 is 2.52 bits per heavy atom. The van der Waals surface area contributed by atoms with E-state index in [0.29, 0.717) is 6.04 Å². The van der Waals surface area contributed by atoms with Gasteiger partial charge in [-0.3, -0.25) is 0 Å². The standard InChI is InChI=1S/C17H33N3O/c1-15-8-13-19(14-9-15)11-6-4-10-18-17(21)20-12-5-3-7-16(20)2/h15-16H,3-14H2,1-2H3,(H,18,21). The number of nitrogens with zero attached hydrogens (tertiary/aromatic N) is 2. The van der Waals surface area contributed by atoms with E-state index in [2.05, 4.69) is 24.1 Å². The second-order valence-corrected chi connectivity index (χ2v) is 7.00. The first-order chi connectivity index (χ1) is 10.2. The molecule has 2 heterocycles. The zero-order valence-electron chi connectivity index (χ0n) is 13.9. The molecular formula is C17H33N3O. The molecule has 2 amide bonds. The Balaban J connectivity index is 1.52. The Hall–Kier alpha value is -0.770. The van der Waals surface area contributed by atoms with Crippen LogP contribution in [0.5, 0.6) is 0 Å². The normalized spacial score (nSPS) is 25.0. The van der Waals surface area contributed by atoms with Gasteiger partial charge >= 0.3 is 6.03 Å². The Bertz CT molecular complexity index is 313. The minimum Gasteiger partial charge on any atom is -0.338 e. The number of rotatable bonds is 5. The Morgan fingerprint density at radius 2 is 1.81 bits per heavy atom. The van der Waals surface area contributed by atoms with Crippen molar-refractivity contribution in [3.63, 3.8) is 0 Å². The minimum absolute atomic E-state index is 0.147. The van der Waals surface area contributed by atoms with Gasteiger partial charge in [0.2, 0.25) is 0 Å². The second-order valence-electron chi connectivity index (χ2n) is 7.00. The average molecular weight is 295 g/mol. The van der Waals surface area contributed by atoms with Gasteiger partial charge in [0.25, 0.3) is 0 Å². The summed E-state index contributed by atoms with van der Waals surface area (Å²) in [7, 11) is 0. The lowest BCUT2D eigenvalue weighted by Gasteiger charge is -2.33. The van der Waals surface area contributed by atoms with Crippen LogP contribution in [0.15, 0.2) is 0 Å². The fourth-order valence-corrected chi connectivity index (χ4v) is 3.44. The number of hydrogen-bond acceptors (Lipinski definition) is 2. The van der Waals surface area contributed by atoms with Crippen LogP contribution in [-0.4, -0.2) is 54.6 Å². The summed E-state index contributed by atoms with van der Waals surface area (Å²) in [5.74, 6) is 0.909. The van der Waals surface area contributed by atoms with Crippen molar-refractivity contribution in [1.29, 1.82) is 0 Å². The predicted octanol–water partition coefficient (Wildman–Crippen LogP) is 3.08. The van der Waals surface area contributed by atoms with E-state index in [1.54, 1.807) is 0 Å². The molecule has 1 N–H and O–H groups in total. The van der Waals surface area contributed by atoms with Crippen molar-refractivity contribution in [2.24, 2.45) is 5.92 Å². The number of unbranched alkanes of at least 4 members (excludes halogenated alkanes) is 1. The number of nitrogens with one attached hydrogen (secondary N) is 1. The first-order valence-electron chi connectivity index (χ1n) is 8.93. The lowest BCUT2D eigenvalue weighted by atomic mass is 9.99. The summed E-state index contributed by atoms with van der Waals surface area (Å²) in [5, 5.41) is 3.10. The predicted molar refractivity (Wildman–Crippen MR) is 87.5 cm³/mol. The number of urea groups is 1. The molecule has 4 nitrogen and oxygen atoms in total. The maximum Gasteiger partial charge on any atom is 0.317 e. The van der Waals surface area contributed by atoms with Gasteiger partial charge in [0.1, 0.15) is 0 Å². The van der Waals surface area contributed by atoms with E-state index in [-0.39, 0.29) is 6.03 Å². The van der Waals surface area contributed by atoms with Crippen LogP contribution in [0.4, 0.5) is 4.79 Å². The zero-order chi connectivity index (χ0) is 15.1. The molecule has 2 rings (SSSR count). The molecule has 1 atom stereocenters. The van der Waals surface area contributed by atoms with E-state index in [4.69, 9.17) is 0 Å².